The average Bonchev–Trinajstić information content (AvgIpc) is 3.23. The van der Waals surface area contributed by atoms with Gasteiger partial charge in [-0.25, -0.2) is 4.68 Å². The zero-order valence-electron chi connectivity index (χ0n) is 21.7. The third kappa shape index (κ3) is 7.12. The number of piperidine rings is 1. The molecule has 4 rings (SSSR count). The summed E-state index contributed by atoms with van der Waals surface area (Å²) in [6.45, 7) is 3.74. The lowest BCUT2D eigenvalue weighted by molar-refractivity contribution is 0.0943. The Morgan fingerprint density at radius 3 is 2.50 bits per heavy atom. The molecular formula is C27H33BrClN7O2. The van der Waals surface area contributed by atoms with Crippen molar-refractivity contribution in [3.63, 3.8) is 0 Å². The van der Waals surface area contributed by atoms with Crippen LogP contribution in [-0.4, -0.2) is 71.8 Å². The SMILES string of the molecule is CN(C)CCn1nc(C(=O)NCCC2CCN(c3ccncc3)CC2)c(Br)c1NC(=O)c1ccccc1Cl. The molecule has 3 heterocycles. The van der Waals surface area contributed by atoms with Crippen molar-refractivity contribution in [2.45, 2.75) is 25.8 Å². The van der Waals surface area contributed by atoms with E-state index in [1.807, 2.05) is 43.5 Å². The van der Waals surface area contributed by atoms with Gasteiger partial charge in [-0.3, -0.25) is 14.6 Å². The number of pyridine rings is 1. The van der Waals surface area contributed by atoms with E-state index in [0.717, 1.165) is 32.4 Å². The predicted octanol–water partition coefficient (Wildman–Crippen LogP) is 4.54. The molecule has 0 radical (unpaired) electrons. The molecule has 38 heavy (non-hydrogen) atoms. The molecule has 9 nitrogen and oxygen atoms in total. The van der Waals surface area contributed by atoms with Crippen LogP contribution in [0.2, 0.25) is 5.02 Å². The van der Waals surface area contributed by atoms with Gasteiger partial charge in [-0.2, -0.15) is 5.10 Å². The van der Waals surface area contributed by atoms with Crippen molar-refractivity contribution in [1.82, 2.24) is 25.0 Å². The van der Waals surface area contributed by atoms with Gasteiger partial charge in [0.1, 0.15) is 5.82 Å². The molecule has 1 aliphatic heterocycles. The van der Waals surface area contributed by atoms with Gasteiger partial charge in [0.2, 0.25) is 0 Å². The van der Waals surface area contributed by atoms with Gasteiger partial charge in [0.05, 0.1) is 21.6 Å². The van der Waals surface area contributed by atoms with Crippen LogP contribution in [0.1, 0.15) is 40.1 Å². The Morgan fingerprint density at radius 2 is 1.82 bits per heavy atom. The average molecular weight is 603 g/mol. The van der Waals surface area contributed by atoms with E-state index < -0.39 is 0 Å². The molecule has 202 valence electrons. The third-order valence-corrected chi connectivity index (χ3v) is 7.78. The minimum absolute atomic E-state index is 0.241. The van der Waals surface area contributed by atoms with E-state index in [1.54, 1.807) is 28.9 Å². The standard InChI is InChI=1S/C27H33BrClN7O2/c1-34(2)17-18-36-25(32-26(37)21-5-3-4-6-22(21)29)23(28)24(33-36)27(38)31-14-7-19-10-15-35(16-11-19)20-8-12-30-13-9-20/h3-6,8-9,12-13,19H,7,10-11,14-18H2,1-2H3,(H,31,38)(H,32,37). The third-order valence-electron chi connectivity index (χ3n) is 6.70. The van der Waals surface area contributed by atoms with Crippen molar-refractivity contribution in [3.05, 3.63) is 69.5 Å². The van der Waals surface area contributed by atoms with Crippen molar-refractivity contribution in [1.29, 1.82) is 0 Å². The summed E-state index contributed by atoms with van der Waals surface area (Å²) in [5.41, 5.74) is 1.80. The Bertz CT molecular complexity index is 1240. The number of anilines is 2. The molecule has 1 aliphatic rings. The number of hydrogen-bond acceptors (Lipinski definition) is 6. The zero-order valence-corrected chi connectivity index (χ0v) is 24.0. The van der Waals surface area contributed by atoms with Gasteiger partial charge in [-0.05, 0) is 79.5 Å². The lowest BCUT2D eigenvalue weighted by atomic mass is 9.93. The summed E-state index contributed by atoms with van der Waals surface area (Å²) in [5, 5.41) is 10.8. The normalized spacial score (nSPS) is 14.1. The number of nitrogens with zero attached hydrogens (tertiary/aromatic N) is 5. The molecular weight excluding hydrogens is 570 g/mol. The number of likely N-dealkylation sites (N-methyl/N-ethyl adjacent to an activating group) is 1. The van der Waals surface area contributed by atoms with Crippen LogP contribution < -0.4 is 15.5 Å². The number of benzene rings is 1. The Labute approximate surface area is 236 Å². The minimum atomic E-state index is -0.368. The first-order valence-corrected chi connectivity index (χ1v) is 13.9. The van der Waals surface area contributed by atoms with Crippen LogP contribution in [0.4, 0.5) is 11.5 Å². The summed E-state index contributed by atoms with van der Waals surface area (Å²) in [4.78, 5) is 34.5. The number of carbonyl (C=O) groups excluding carboxylic acids is 2. The molecule has 1 aromatic carbocycles. The van der Waals surface area contributed by atoms with E-state index in [1.165, 1.54) is 5.69 Å². The molecule has 1 fully saturated rings. The fourth-order valence-electron chi connectivity index (χ4n) is 4.49. The maximum absolute atomic E-state index is 13.1. The molecule has 1 saturated heterocycles. The molecule has 0 bridgehead atoms. The first-order chi connectivity index (χ1) is 18.3. The summed E-state index contributed by atoms with van der Waals surface area (Å²) in [5.74, 6) is 0.334. The smallest absolute Gasteiger partial charge is 0.273 e. The minimum Gasteiger partial charge on any atom is -0.371 e. The van der Waals surface area contributed by atoms with Crippen molar-refractivity contribution in [2.24, 2.45) is 5.92 Å². The maximum atomic E-state index is 13.1. The van der Waals surface area contributed by atoms with Crippen LogP contribution in [0.3, 0.4) is 0 Å². The summed E-state index contributed by atoms with van der Waals surface area (Å²) < 4.78 is 2.09. The van der Waals surface area contributed by atoms with Crippen LogP contribution in [0, 0.1) is 5.92 Å². The largest absolute Gasteiger partial charge is 0.371 e. The lowest BCUT2D eigenvalue weighted by Crippen LogP contribution is -2.35. The number of aromatic nitrogens is 3. The predicted molar refractivity (Wildman–Crippen MR) is 154 cm³/mol. The molecule has 2 N–H and O–H groups in total. The van der Waals surface area contributed by atoms with E-state index in [4.69, 9.17) is 11.6 Å². The van der Waals surface area contributed by atoms with E-state index in [9.17, 15) is 9.59 Å². The van der Waals surface area contributed by atoms with Crippen molar-refractivity contribution < 1.29 is 9.59 Å². The van der Waals surface area contributed by atoms with Gasteiger partial charge in [0.15, 0.2) is 5.69 Å². The molecule has 0 saturated carbocycles. The molecule has 2 amide bonds. The highest BCUT2D eigenvalue weighted by Crippen LogP contribution is 2.29. The summed E-state index contributed by atoms with van der Waals surface area (Å²) in [6, 6.07) is 10.9. The maximum Gasteiger partial charge on any atom is 0.273 e. The molecule has 0 aliphatic carbocycles. The van der Waals surface area contributed by atoms with Gasteiger partial charge < -0.3 is 20.4 Å². The highest BCUT2D eigenvalue weighted by molar-refractivity contribution is 9.10. The van der Waals surface area contributed by atoms with Crippen molar-refractivity contribution in [3.8, 4) is 0 Å². The number of rotatable bonds is 10. The number of nitrogens with one attached hydrogen (secondary N) is 2. The van der Waals surface area contributed by atoms with Crippen LogP contribution >= 0.6 is 27.5 Å². The van der Waals surface area contributed by atoms with E-state index in [2.05, 4.69) is 41.5 Å². The molecule has 11 heteroatoms. The number of halogens is 2. The zero-order chi connectivity index (χ0) is 27.1. The van der Waals surface area contributed by atoms with Gasteiger partial charge in [0.25, 0.3) is 11.8 Å². The number of carbonyl (C=O) groups is 2. The molecule has 3 aromatic rings. The van der Waals surface area contributed by atoms with Crippen molar-refractivity contribution in [2.75, 3.05) is 50.5 Å². The van der Waals surface area contributed by atoms with E-state index in [0.29, 0.717) is 46.4 Å². The van der Waals surface area contributed by atoms with Crippen LogP contribution in [0.15, 0.2) is 53.3 Å². The Hall–Kier alpha value is -2.95. The number of amides is 2. The van der Waals surface area contributed by atoms with Gasteiger partial charge in [0, 0.05) is 44.3 Å². The van der Waals surface area contributed by atoms with Crippen LogP contribution in [0.25, 0.3) is 0 Å². The highest BCUT2D eigenvalue weighted by Gasteiger charge is 2.25. The van der Waals surface area contributed by atoms with E-state index >= 15 is 0 Å². The second-order valence-corrected chi connectivity index (χ2v) is 10.9. The van der Waals surface area contributed by atoms with Gasteiger partial charge >= 0.3 is 0 Å². The molecule has 0 atom stereocenters. The van der Waals surface area contributed by atoms with Gasteiger partial charge in [-0.15, -0.1) is 0 Å². The van der Waals surface area contributed by atoms with Crippen LogP contribution in [0.5, 0.6) is 0 Å². The number of hydrogen-bond donors (Lipinski definition) is 2. The monoisotopic (exact) mass is 601 g/mol. The Kier molecular flexibility index (Phi) is 9.76. The summed E-state index contributed by atoms with van der Waals surface area (Å²) in [6.07, 6.45) is 6.72. The van der Waals surface area contributed by atoms with Gasteiger partial charge in [-0.1, -0.05) is 23.7 Å². The van der Waals surface area contributed by atoms with Crippen molar-refractivity contribution >= 4 is 50.9 Å². The fourth-order valence-corrected chi connectivity index (χ4v) is 5.27. The second kappa shape index (κ2) is 13.2. The molecule has 0 spiro atoms. The first-order valence-electron chi connectivity index (χ1n) is 12.7. The van der Waals surface area contributed by atoms with Crippen LogP contribution in [-0.2, 0) is 6.54 Å². The first kappa shape index (κ1) is 28.1. The quantitative estimate of drug-likeness (QED) is 0.354. The highest BCUT2D eigenvalue weighted by atomic mass is 79.9. The Balaban J connectivity index is 1.36. The lowest BCUT2D eigenvalue weighted by Gasteiger charge is -2.33. The second-order valence-electron chi connectivity index (χ2n) is 9.65. The molecule has 2 aromatic heterocycles. The topological polar surface area (TPSA) is 95.4 Å². The Morgan fingerprint density at radius 1 is 1.11 bits per heavy atom. The van der Waals surface area contributed by atoms with E-state index in [-0.39, 0.29) is 17.5 Å². The fraction of sp³-hybridized carbons (Fsp3) is 0.407. The summed E-state index contributed by atoms with van der Waals surface area (Å²) >= 11 is 9.72. The molecule has 0 unspecified atom stereocenters. The summed E-state index contributed by atoms with van der Waals surface area (Å²) in [7, 11) is 3.91.